The van der Waals surface area contributed by atoms with Gasteiger partial charge < -0.3 is 4.74 Å². The van der Waals surface area contributed by atoms with Crippen LogP contribution in [0.4, 0.5) is 8.78 Å². The molecule has 10 heteroatoms. The van der Waals surface area contributed by atoms with Crippen LogP contribution in [0.15, 0.2) is 47.4 Å². The van der Waals surface area contributed by atoms with E-state index in [2.05, 4.69) is 10.9 Å². The molecule has 0 aliphatic rings. The van der Waals surface area contributed by atoms with Gasteiger partial charge in [-0.25, -0.2) is 17.2 Å². The predicted octanol–water partition coefficient (Wildman–Crippen LogP) is 1.60. The Morgan fingerprint density at radius 1 is 1.00 bits per heavy atom. The van der Waals surface area contributed by atoms with E-state index in [1.54, 1.807) is 0 Å². The third kappa shape index (κ3) is 5.48. The summed E-state index contributed by atoms with van der Waals surface area (Å²) in [5.74, 6) is -3.64. The van der Waals surface area contributed by atoms with E-state index in [0.717, 1.165) is 24.5 Å². The van der Waals surface area contributed by atoms with Crippen LogP contribution >= 0.6 is 0 Å². The molecular formula is C17H16F2N2O5S. The monoisotopic (exact) mass is 398 g/mol. The highest BCUT2D eigenvalue weighted by molar-refractivity contribution is 7.90. The summed E-state index contributed by atoms with van der Waals surface area (Å²) in [6, 6.07) is 7.92. The average Bonchev–Trinajstić information content (AvgIpc) is 2.61. The fourth-order valence-electron chi connectivity index (χ4n) is 1.95. The summed E-state index contributed by atoms with van der Waals surface area (Å²) in [7, 11) is -3.39. The molecule has 0 aromatic heterocycles. The fraction of sp³-hybridized carbons (Fsp3) is 0.176. The number of amides is 2. The topological polar surface area (TPSA) is 102 Å². The van der Waals surface area contributed by atoms with Crippen molar-refractivity contribution < 1.29 is 31.5 Å². The maximum absolute atomic E-state index is 13.1. The first-order valence-corrected chi connectivity index (χ1v) is 9.49. The summed E-state index contributed by atoms with van der Waals surface area (Å²) in [4.78, 5) is 23.9. The Kier molecular flexibility index (Phi) is 6.11. The first kappa shape index (κ1) is 20.3. The molecule has 0 aliphatic heterocycles. The van der Waals surface area contributed by atoms with E-state index in [1.807, 2.05) is 0 Å². The molecule has 2 N–H and O–H groups in total. The second-order valence-corrected chi connectivity index (χ2v) is 7.59. The van der Waals surface area contributed by atoms with Gasteiger partial charge >= 0.3 is 0 Å². The molecular weight excluding hydrogens is 382 g/mol. The molecule has 144 valence electrons. The Morgan fingerprint density at radius 3 is 2.19 bits per heavy atom. The number of benzene rings is 2. The predicted molar refractivity (Wildman–Crippen MR) is 91.6 cm³/mol. The number of carbonyl (C=O) groups excluding carboxylic acids is 2. The average molecular weight is 398 g/mol. The molecule has 2 rings (SSSR count). The number of halogens is 2. The van der Waals surface area contributed by atoms with Crippen molar-refractivity contribution >= 4 is 21.7 Å². The number of hydrogen-bond donors (Lipinski definition) is 2. The molecule has 0 radical (unpaired) electrons. The van der Waals surface area contributed by atoms with Gasteiger partial charge in [0.15, 0.2) is 27.6 Å². The zero-order valence-electron chi connectivity index (χ0n) is 14.3. The second-order valence-electron chi connectivity index (χ2n) is 5.58. The standard InChI is InChI=1S/C17H16F2N2O5S/c1-10(26-12-5-8-14(18)15(19)9-12)16(22)20-21-17(23)11-3-6-13(7-4-11)27(2,24)25/h3-10H,1-2H3,(H,20,22)(H,21,23). The summed E-state index contributed by atoms with van der Waals surface area (Å²) < 4.78 is 53.9. The molecule has 0 aliphatic carbocycles. The number of rotatable bonds is 5. The summed E-state index contributed by atoms with van der Waals surface area (Å²) in [5.41, 5.74) is 4.39. The normalized spacial score (nSPS) is 12.1. The lowest BCUT2D eigenvalue weighted by atomic mass is 10.2. The Labute approximate surface area is 154 Å². The van der Waals surface area contributed by atoms with E-state index in [9.17, 15) is 26.8 Å². The maximum atomic E-state index is 13.1. The molecule has 0 heterocycles. The molecule has 7 nitrogen and oxygen atoms in total. The minimum atomic E-state index is -3.39. The minimum Gasteiger partial charge on any atom is -0.481 e. The van der Waals surface area contributed by atoms with Gasteiger partial charge in [-0.05, 0) is 43.3 Å². The van der Waals surface area contributed by atoms with Gasteiger partial charge in [0, 0.05) is 17.9 Å². The summed E-state index contributed by atoms with van der Waals surface area (Å²) in [6.07, 6.45) is -0.0702. The van der Waals surface area contributed by atoms with Crippen molar-refractivity contribution in [1.29, 1.82) is 0 Å². The Morgan fingerprint density at radius 2 is 1.63 bits per heavy atom. The van der Waals surface area contributed by atoms with Crippen LogP contribution in [0.5, 0.6) is 5.75 Å². The minimum absolute atomic E-state index is 0.0524. The van der Waals surface area contributed by atoms with E-state index in [-0.39, 0.29) is 16.2 Å². The van der Waals surface area contributed by atoms with Gasteiger partial charge in [0.2, 0.25) is 0 Å². The molecule has 1 atom stereocenters. The van der Waals surface area contributed by atoms with Crippen molar-refractivity contribution in [2.45, 2.75) is 17.9 Å². The molecule has 2 aromatic rings. The van der Waals surface area contributed by atoms with Crippen LogP contribution in [-0.4, -0.2) is 32.6 Å². The van der Waals surface area contributed by atoms with Gasteiger partial charge in [0.25, 0.3) is 11.8 Å². The molecule has 1 unspecified atom stereocenters. The highest BCUT2D eigenvalue weighted by atomic mass is 32.2. The Balaban J connectivity index is 1.91. The smallest absolute Gasteiger partial charge is 0.279 e. The lowest BCUT2D eigenvalue weighted by Gasteiger charge is -2.15. The number of nitrogens with one attached hydrogen (secondary N) is 2. The molecule has 0 bridgehead atoms. The van der Waals surface area contributed by atoms with E-state index in [1.165, 1.54) is 31.2 Å². The first-order chi connectivity index (χ1) is 12.6. The third-order valence-corrected chi connectivity index (χ3v) is 4.55. The Bertz CT molecular complexity index is 962. The highest BCUT2D eigenvalue weighted by Gasteiger charge is 2.17. The van der Waals surface area contributed by atoms with Crippen molar-refractivity contribution in [3.63, 3.8) is 0 Å². The van der Waals surface area contributed by atoms with Crippen LogP contribution < -0.4 is 15.6 Å². The largest absolute Gasteiger partial charge is 0.481 e. The lowest BCUT2D eigenvalue weighted by Crippen LogP contribution is -2.47. The molecule has 0 fully saturated rings. The lowest BCUT2D eigenvalue weighted by molar-refractivity contribution is -0.128. The molecule has 2 aromatic carbocycles. The van der Waals surface area contributed by atoms with Crippen LogP contribution in [-0.2, 0) is 14.6 Å². The molecule has 2 amide bonds. The van der Waals surface area contributed by atoms with Crippen molar-refractivity contribution in [3.8, 4) is 5.75 Å². The van der Waals surface area contributed by atoms with Crippen molar-refractivity contribution in [2.75, 3.05) is 6.26 Å². The maximum Gasteiger partial charge on any atom is 0.279 e. The Hall–Kier alpha value is -3.01. The fourth-order valence-corrected chi connectivity index (χ4v) is 2.58. The van der Waals surface area contributed by atoms with Gasteiger partial charge in [0.05, 0.1) is 4.90 Å². The third-order valence-electron chi connectivity index (χ3n) is 3.42. The number of hydrogen-bond acceptors (Lipinski definition) is 5. The van der Waals surface area contributed by atoms with Crippen molar-refractivity contribution in [3.05, 3.63) is 59.7 Å². The van der Waals surface area contributed by atoms with Gasteiger partial charge in [-0.1, -0.05) is 0 Å². The SMILES string of the molecule is CC(Oc1ccc(F)c(F)c1)C(=O)NNC(=O)c1ccc(S(C)(=O)=O)cc1. The summed E-state index contributed by atoms with van der Waals surface area (Å²) >= 11 is 0. The van der Waals surface area contributed by atoms with E-state index < -0.39 is 39.4 Å². The van der Waals surface area contributed by atoms with Crippen molar-refractivity contribution in [1.82, 2.24) is 10.9 Å². The summed E-state index contributed by atoms with van der Waals surface area (Å²) in [6.45, 7) is 1.35. The van der Waals surface area contributed by atoms with E-state index >= 15 is 0 Å². The molecule has 0 spiro atoms. The first-order valence-electron chi connectivity index (χ1n) is 7.60. The number of hydrazine groups is 1. The van der Waals surface area contributed by atoms with Gasteiger partial charge in [0.1, 0.15) is 5.75 Å². The second kappa shape index (κ2) is 8.12. The number of sulfone groups is 1. The van der Waals surface area contributed by atoms with Gasteiger partial charge in [-0.15, -0.1) is 0 Å². The van der Waals surface area contributed by atoms with Gasteiger partial charge in [-0.3, -0.25) is 20.4 Å². The van der Waals surface area contributed by atoms with Crippen LogP contribution in [0.2, 0.25) is 0 Å². The van der Waals surface area contributed by atoms with E-state index in [4.69, 9.17) is 4.74 Å². The molecule has 0 saturated heterocycles. The van der Waals surface area contributed by atoms with Crippen LogP contribution in [0.3, 0.4) is 0 Å². The number of carbonyl (C=O) groups is 2. The van der Waals surface area contributed by atoms with Crippen LogP contribution in [0, 0.1) is 11.6 Å². The molecule has 0 saturated carbocycles. The zero-order chi connectivity index (χ0) is 20.2. The number of ether oxygens (including phenoxy) is 1. The quantitative estimate of drug-likeness (QED) is 0.745. The van der Waals surface area contributed by atoms with Gasteiger partial charge in [-0.2, -0.15) is 0 Å². The zero-order valence-corrected chi connectivity index (χ0v) is 15.1. The summed E-state index contributed by atoms with van der Waals surface area (Å²) in [5, 5.41) is 0. The van der Waals surface area contributed by atoms with Crippen molar-refractivity contribution in [2.24, 2.45) is 0 Å². The highest BCUT2D eigenvalue weighted by Crippen LogP contribution is 2.16. The van der Waals surface area contributed by atoms with E-state index in [0.29, 0.717) is 0 Å². The van der Waals surface area contributed by atoms with Crippen LogP contribution in [0.25, 0.3) is 0 Å². The van der Waals surface area contributed by atoms with Crippen LogP contribution in [0.1, 0.15) is 17.3 Å². The molecule has 27 heavy (non-hydrogen) atoms.